The van der Waals surface area contributed by atoms with Crippen molar-refractivity contribution >= 4 is 46.0 Å². The lowest BCUT2D eigenvalue weighted by molar-refractivity contribution is 0.869. The van der Waals surface area contributed by atoms with Crippen LogP contribution < -0.4 is 4.90 Å². The van der Waals surface area contributed by atoms with Crippen molar-refractivity contribution in [2.45, 2.75) is 6.04 Å². The molecule has 42 heavy (non-hydrogen) atoms. The lowest BCUT2D eigenvalue weighted by Crippen LogP contribution is -2.28. The minimum absolute atomic E-state index is 0.293. The lowest BCUT2D eigenvalue weighted by atomic mass is 9.96. The largest absolute Gasteiger partial charge is 0.308 e. The standard InChI is InChI=1S/C36H24Cl2N4/c37-28-22-13-23-29(30(28)38)42-34(27-20-11-4-12-21-27)33(26-18-9-3-10-19-26)41-36(42)35-39-31(24-14-5-1-6-15-24)32(40-35)25-16-7-2-8-17-25/h1-23,34H. The summed E-state index contributed by atoms with van der Waals surface area (Å²) in [6.45, 7) is 0. The van der Waals surface area contributed by atoms with Gasteiger partial charge in [0.25, 0.3) is 0 Å². The monoisotopic (exact) mass is 582 g/mol. The molecule has 0 saturated carbocycles. The van der Waals surface area contributed by atoms with Crippen LogP contribution in [-0.4, -0.2) is 17.1 Å². The van der Waals surface area contributed by atoms with Gasteiger partial charge in [0.15, 0.2) is 11.6 Å². The molecule has 5 aromatic rings. The zero-order valence-electron chi connectivity index (χ0n) is 22.4. The average Bonchev–Trinajstić information content (AvgIpc) is 3.67. The first-order chi connectivity index (χ1) is 20.7. The van der Waals surface area contributed by atoms with Crippen molar-refractivity contribution < 1.29 is 0 Å². The van der Waals surface area contributed by atoms with Gasteiger partial charge in [-0.2, -0.15) is 0 Å². The Kier molecular flexibility index (Phi) is 7.00. The number of nitrogens with zero attached hydrogens (tertiary/aromatic N) is 4. The molecule has 0 fully saturated rings. The molecule has 0 bridgehead atoms. The van der Waals surface area contributed by atoms with E-state index in [1.54, 1.807) is 6.07 Å². The molecule has 2 heterocycles. The van der Waals surface area contributed by atoms with Gasteiger partial charge in [0.2, 0.25) is 0 Å². The zero-order valence-corrected chi connectivity index (χ0v) is 23.9. The summed E-state index contributed by atoms with van der Waals surface area (Å²) in [7, 11) is 0. The molecule has 6 heteroatoms. The van der Waals surface area contributed by atoms with Crippen molar-refractivity contribution in [3.63, 3.8) is 0 Å². The van der Waals surface area contributed by atoms with Crippen molar-refractivity contribution in [3.05, 3.63) is 183 Å². The van der Waals surface area contributed by atoms with E-state index >= 15 is 0 Å². The highest BCUT2D eigenvalue weighted by Gasteiger charge is 2.39. The highest BCUT2D eigenvalue weighted by molar-refractivity contribution is 6.55. The number of benzene rings is 5. The summed E-state index contributed by atoms with van der Waals surface area (Å²) >= 11 is 13.5. The van der Waals surface area contributed by atoms with Gasteiger partial charge in [-0.05, 0) is 23.3 Å². The van der Waals surface area contributed by atoms with Crippen molar-refractivity contribution in [3.8, 4) is 0 Å². The molecular weight excluding hydrogens is 559 g/mol. The number of rotatable bonds is 5. The molecule has 1 atom stereocenters. The van der Waals surface area contributed by atoms with Crippen LogP contribution >= 0.6 is 23.2 Å². The summed E-state index contributed by atoms with van der Waals surface area (Å²) in [5.74, 6) is 1.11. The van der Waals surface area contributed by atoms with Crippen LogP contribution in [0.2, 0.25) is 10.0 Å². The number of aliphatic imine (C=N–C) groups is 3. The molecular formula is C36H24Cl2N4. The summed E-state index contributed by atoms with van der Waals surface area (Å²) < 4.78 is 0. The molecule has 0 spiro atoms. The lowest BCUT2D eigenvalue weighted by Gasteiger charge is -2.29. The minimum Gasteiger partial charge on any atom is -0.308 e. The molecule has 0 radical (unpaired) electrons. The van der Waals surface area contributed by atoms with Crippen LogP contribution in [0.15, 0.2) is 166 Å². The molecule has 1 unspecified atom stereocenters. The summed E-state index contributed by atoms with van der Waals surface area (Å²) in [5.41, 5.74) is 7.21. The van der Waals surface area contributed by atoms with Crippen molar-refractivity contribution in [1.82, 2.24) is 0 Å². The molecule has 5 aromatic carbocycles. The summed E-state index contributed by atoms with van der Waals surface area (Å²) in [6.07, 6.45) is 0. The van der Waals surface area contributed by atoms with E-state index in [4.69, 9.17) is 38.2 Å². The van der Waals surface area contributed by atoms with Crippen LogP contribution in [0.1, 0.15) is 28.3 Å². The third-order valence-electron chi connectivity index (χ3n) is 7.30. The van der Waals surface area contributed by atoms with Crippen LogP contribution in [0.3, 0.4) is 0 Å². The first-order valence-corrected chi connectivity index (χ1v) is 14.4. The molecule has 0 saturated heterocycles. The number of anilines is 1. The Labute approximate surface area is 254 Å². The molecule has 7 rings (SSSR count). The maximum atomic E-state index is 6.92. The van der Waals surface area contributed by atoms with Crippen molar-refractivity contribution in [2.75, 3.05) is 4.90 Å². The Morgan fingerprint density at radius 1 is 0.500 bits per heavy atom. The molecule has 202 valence electrons. The van der Waals surface area contributed by atoms with E-state index in [1.165, 1.54) is 0 Å². The summed E-state index contributed by atoms with van der Waals surface area (Å²) in [6, 6.07) is 46.1. The van der Waals surface area contributed by atoms with Gasteiger partial charge in [-0.1, -0.05) is 151 Å². The Bertz CT molecular complexity index is 1820. The highest BCUT2D eigenvalue weighted by Crippen LogP contribution is 2.46. The fourth-order valence-corrected chi connectivity index (χ4v) is 5.76. The second-order valence-electron chi connectivity index (χ2n) is 9.92. The van der Waals surface area contributed by atoms with Crippen LogP contribution in [0.5, 0.6) is 0 Å². The van der Waals surface area contributed by atoms with Crippen LogP contribution in [0.4, 0.5) is 5.69 Å². The van der Waals surface area contributed by atoms with Gasteiger partial charge in [0.05, 0.1) is 32.9 Å². The predicted octanol–water partition coefficient (Wildman–Crippen LogP) is 9.16. The zero-order chi connectivity index (χ0) is 28.5. The molecule has 0 aromatic heterocycles. The van der Waals surface area contributed by atoms with E-state index < -0.39 is 0 Å². The second-order valence-corrected chi connectivity index (χ2v) is 10.7. The van der Waals surface area contributed by atoms with E-state index in [0.717, 1.165) is 45.1 Å². The molecule has 2 aliphatic heterocycles. The third-order valence-corrected chi connectivity index (χ3v) is 8.11. The van der Waals surface area contributed by atoms with E-state index in [9.17, 15) is 0 Å². The number of hydrogen-bond donors (Lipinski definition) is 0. The Hall–Kier alpha value is -4.77. The fraction of sp³-hybridized carbons (Fsp3) is 0.0278. The molecule has 2 aliphatic rings. The topological polar surface area (TPSA) is 40.3 Å². The Morgan fingerprint density at radius 2 is 1.00 bits per heavy atom. The van der Waals surface area contributed by atoms with E-state index in [2.05, 4.69) is 53.4 Å². The van der Waals surface area contributed by atoms with Gasteiger partial charge >= 0.3 is 0 Å². The van der Waals surface area contributed by atoms with Gasteiger partial charge in [-0.3, -0.25) is 0 Å². The maximum Gasteiger partial charge on any atom is 0.197 e. The first kappa shape index (κ1) is 26.1. The molecule has 0 amide bonds. The highest BCUT2D eigenvalue weighted by atomic mass is 35.5. The van der Waals surface area contributed by atoms with E-state index in [-0.39, 0.29) is 6.04 Å². The Morgan fingerprint density at radius 3 is 1.55 bits per heavy atom. The van der Waals surface area contributed by atoms with Crippen molar-refractivity contribution in [1.29, 1.82) is 0 Å². The molecule has 4 nitrogen and oxygen atoms in total. The van der Waals surface area contributed by atoms with Gasteiger partial charge < -0.3 is 4.90 Å². The van der Waals surface area contributed by atoms with Gasteiger partial charge in [-0.25, -0.2) is 15.0 Å². The predicted molar refractivity (Wildman–Crippen MR) is 174 cm³/mol. The van der Waals surface area contributed by atoms with Crippen LogP contribution in [-0.2, 0) is 0 Å². The summed E-state index contributed by atoms with van der Waals surface area (Å²) in [5, 5.41) is 0.909. The van der Waals surface area contributed by atoms with Crippen LogP contribution in [0, 0.1) is 0 Å². The van der Waals surface area contributed by atoms with E-state index in [0.29, 0.717) is 21.7 Å². The smallest absolute Gasteiger partial charge is 0.197 e. The number of hydrogen-bond acceptors (Lipinski definition) is 4. The van der Waals surface area contributed by atoms with Gasteiger partial charge in [0.1, 0.15) is 6.04 Å². The third kappa shape index (κ3) is 4.75. The summed E-state index contributed by atoms with van der Waals surface area (Å²) in [4.78, 5) is 17.7. The van der Waals surface area contributed by atoms with Crippen molar-refractivity contribution in [2.24, 2.45) is 15.0 Å². The Balaban J connectivity index is 1.53. The van der Waals surface area contributed by atoms with Crippen LogP contribution in [0.25, 0.3) is 0 Å². The quantitative estimate of drug-likeness (QED) is 0.203. The van der Waals surface area contributed by atoms with E-state index in [1.807, 2.05) is 84.9 Å². The normalized spacial score (nSPS) is 16.4. The first-order valence-electron chi connectivity index (χ1n) is 13.6. The average molecular weight is 584 g/mol. The molecule has 0 N–H and O–H groups in total. The van der Waals surface area contributed by atoms with Gasteiger partial charge in [0, 0.05) is 11.1 Å². The molecule has 0 aliphatic carbocycles. The SMILES string of the molecule is Clc1cccc(N2C(=C3N=C(c4ccccc4)C(c4ccccc4)=N3)N=C(c3ccccc3)C2c2ccccc2)c1Cl. The fourth-order valence-electron chi connectivity index (χ4n) is 5.37. The minimum atomic E-state index is -0.293. The second kappa shape index (κ2) is 11.2. The maximum absolute atomic E-state index is 6.92. The number of halogens is 2. The van der Waals surface area contributed by atoms with Gasteiger partial charge in [-0.15, -0.1) is 0 Å².